The molecule has 0 heterocycles. The zero-order valence-corrected chi connectivity index (χ0v) is 17.1. The Bertz CT molecular complexity index is 859. The predicted molar refractivity (Wildman–Crippen MR) is 117 cm³/mol. The second kappa shape index (κ2) is 10.8. The third-order valence-electron chi connectivity index (χ3n) is 4.42. The minimum absolute atomic E-state index is 0.0545. The molecule has 0 atom stereocenters. The number of benzene rings is 2. The molecule has 0 fully saturated rings. The first-order valence-electron chi connectivity index (χ1n) is 9.79. The number of hydrogen-bond acceptors (Lipinski definition) is 5. The third kappa shape index (κ3) is 6.34. The summed E-state index contributed by atoms with van der Waals surface area (Å²) in [7, 11) is 0. The molecular formula is C22H28N4O3. The number of hydrogen-bond donors (Lipinski definition) is 3. The van der Waals surface area contributed by atoms with Gasteiger partial charge in [0.25, 0.3) is 5.91 Å². The van der Waals surface area contributed by atoms with E-state index in [4.69, 9.17) is 0 Å². The van der Waals surface area contributed by atoms with Gasteiger partial charge < -0.3 is 15.3 Å². The van der Waals surface area contributed by atoms with Crippen molar-refractivity contribution in [1.82, 2.24) is 5.43 Å². The lowest BCUT2D eigenvalue weighted by Crippen LogP contribution is -2.21. The number of hydrazone groups is 1. The maximum atomic E-state index is 12.2. The molecule has 2 rings (SSSR count). The van der Waals surface area contributed by atoms with Crippen LogP contribution in [0.1, 0.15) is 49.5 Å². The highest BCUT2D eigenvalue weighted by Gasteiger charge is 2.07. The summed E-state index contributed by atoms with van der Waals surface area (Å²) in [5, 5.41) is 16.9. The molecule has 0 saturated carbocycles. The summed E-state index contributed by atoms with van der Waals surface area (Å²) in [6.07, 6.45) is 2.64. The van der Waals surface area contributed by atoms with Crippen LogP contribution in [0.5, 0.6) is 5.75 Å². The van der Waals surface area contributed by atoms with Crippen molar-refractivity contribution in [2.45, 2.75) is 33.6 Å². The fourth-order valence-electron chi connectivity index (χ4n) is 2.81. The Morgan fingerprint density at radius 2 is 1.76 bits per heavy atom. The van der Waals surface area contributed by atoms with Crippen LogP contribution >= 0.6 is 0 Å². The average molecular weight is 396 g/mol. The summed E-state index contributed by atoms with van der Waals surface area (Å²) in [5.41, 5.74) is 4.93. The first-order valence-corrected chi connectivity index (χ1v) is 9.79. The van der Waals surface area contributed by atoms with E-state index >= 15 is 0 Å². The van der Waals surface area contributed by atoms with Gasteiger partial charge in [0.2, 0.25) is 5.91 Å². The van der Waals surface area contributed by atoms with Crippen LogP contribution in [0, 0.1) is 0 Å². The number of phenols is 1. The van der Waals surface area contributed by atoms with E-state index in [-0.39, 0.29) is 17.6 Å². The fraction of sp³-hybridized carbons (Fsp3) is 0.318. The van der Waals surface area contributed by atoms with Crippen molar-refractivity contribution in [3.8, 4) is 5.75 Å². The molecule has 154 valence electrons. The van der Waals surface area contributed by atoms with Gasteiger partial charge in [0, 0.05) is 48.1 Å². The number of aromatic hydroxyl groups is 1. The minimum Gasteiger partial charge on any atom is -0.507 e. The highest BCUT2D eigenvalue weighted by molar-refractivity contribution is 5.96. The first-order chi connectivity index (χ1) is 14.0. The summed E-state index contributed by atoms with van der Waals surface area (Å²) in [6, 6.07) is 11.9. The SMILES string of the molecule is CCCC(=O)Nc1ccc(C(=O)N/N=C/c2ccc(N(CC)CC)cc2O)cc1. The number of anilines is 2. The molecule has 0 spiro atoms. The van der Waals surface area contributed by atoms with Crippen LogP contribution in [0.4, 0.5) is 11.4 Å². The molecule has 0 aliphatic carbocycles. The lowest BCUT2D eigenvalue weighted by Gasteiger charge is -2.21. The number of rotatable bonds is 9. The van der Waals surface area contributed by atoms with E-state index in [1.807, 2.05) is 13.0 Å². The molecule has 2 aromatic carbocycles. The molecule has 7 nitrogen and oxygen atoms in total. The number of nitrogens with one attached hydrogen (secondary N) is 2. The van der Waals surface area contributed by atoms with E-state index in [9.17, 15) is 14.7 Å². The van der Waals surface area contributed by atoms with Crippen LogP contribution in [0.15, 0.2) is 47.6 Å². The highest BCUT2D eigenvalue weighted by atomic mass is 16.3. The zero-order chi connectivity index (χ0) is 21.2. The average Bonchev–Trinajstić information content (AvgIpc) is 2.71. The lowest BCUT2D eigenvalue weighted by atomic mass is 10.2. The molecule has 7 heteroatoms. The fourth-order valence-corrected chi connectivity index (χ4v) is 2.81. The van der Waals surface area contributed by atoms with Gasteiger partial charge in [-0.3, -0.25) is 9.59 Å². The van der Waals surface area contributed by atoms with E-state index in [0.29, 0.717) is 23.2 Å². The van der Waals surface area contributed by atoms with Crippen molar-refractivity contribution < 1.29 is 14.7 Å². The van der Waals surface area contributed by atoms with Crippen molar-refractivity contribution in [1.29, 1.82) is 0 Å². The number of phenolic OH excluding ortho intramolecular Hbond substituents is 1. The Hall–Kier alpha value is -3.35. The predicted octanol–water partition coefficient (Wildman–Crippen LogP) is 3.74. The molecule has 29 heavy (non-hydrogen) atoms. The van der Waals surface area contributed by atoms with Crippen molar-refractivity contribution >= 4 is 29.4 Å². The maximum Gasteiger partial charge on any atom is 0.271 e. The summed E-state index contributed by atoms with van der Waals surface area (Å²) in [5.74, 6) is -0.340. The summed E-state index contributed by atoms with van der Waals surface area (Å²) < 4.78 is 0. The Morgan fingerprint density at radius 3 is 2.34 bits per heavy atom. The second-order valence-electron chi connectivity index (χ2n) is 6.49. The maximum absolute atomic E-state index is 12.2. The van der Waals surface area contributed by atoms with Crippen LogP contribution in [0.25, 0.3) is 0 Å². The molecule has 3 N–H and O–H groups in total. The van der Waals surface area contributed by atoms with Gasteiger partial charge in [-0.05, 0) is 56.7 Å². The van der Waals surface area contributed by atoms with Crippen molar-refractivity contribution in [2.75, 3.05) is 23.3 Å². The van der Waals surface area contributed by atoms with Crippen molar-refractivity contribution in [3.05, 3.63) is 53.6 Å². The topological polar surface area (TPSA) is 94.0 Å². The van der Waals surface area contributed by atoms with E-state index in [1.165, 1.54) is 6.21 Å². The van der Waals surface area contributed by atoms with Crippen molar-refractivity contribution in [3.63, 3.8) is 0 Å². The van der Waals surface area contributed by atoms with E-state index in [0.717, 1.165) is 25.2 Å². The zero-order valence-electron chi connectivity index (χ0n) is 17.1. The van der Waals surface area contributed by atoms with Crippen LogP contribution in [-0.4, -0.2) is 36.2 Å². The summed E-state index contributed by atoms with van der Waals surface area (Å²) in [6.45, 7) is 7.74. The molecule has 0 radical (unpaired) electrons. The van der Waals surface area contributed by atoms with E-state index in [1.54, 1.807) is 36.4 Å². The van der Waals surface area contributed by atoms with Crippen LogP contribution < -0.4 is 15.6 Å². The Balaban J connectivity index is 1.96. The molecule has 0 aromatic heterocycles. The Labute approximate surface area is 171 Å². The summed E-state index contributed by atoms with van der Waals surface area (Å²) >= 11 is 0. The molecule has 0 unspecified atom stereocenters. The van der Waals surface area contributed by atoms with Crippen LogP contribution in [0.3, 0.4) is 0 Å². The minimum atomic E-state index is -0.382. The van der Waals surface area contributed by atoms with Crippen LogP contribution in [0.2, 0.25) is 0 Å². The smallest absolute Gasteiger partial charge is 0.271 e. The van der Waals surface area contributed by atoms with Gasteiger partial charge in [-0.15, -0.1) is 0 Å². The molecule has 2 amide bonds. The molecule has 0 aliphatic rings. The standard InChI is InChI=1S/C22H28N4O3/c1-4-7-21(28)24-18-11-8-16(9-12-18)22(29)25-23-15-17-10-13-19(14-20(17)27)26(5-2)6-3/h8-15,27H,4-7H2,1-3H3,(H,24,28)(H,25,29)/b23-15+. The van der Waals surface area contributed by atoms with Gasteiger partial charge in [-0.25, -0.2) is 5.43 Å². The van der Waals surface area contributed by atoms with Gasteiger partial charge >= 0.3 is 0 Å². The second-order valence-corrected chi connectivity index (χ2v) is 6.49. The first kappa shape index (κ1) is 21.9. The molecule has 2 aromatic rings. The highest BCUT2D eigenvalue weighted by Crippen LogP contribution is 2.23. The Kier molecular flexibility index (Phi) is 8.21. The van der Waals surface area contributed by atoms with Gasteiger partial charge in [0.1, 0.15) is 5.75 Å². The van der Waals surface area contributed by atoms with Gasteiger partial charge in [0.05, 0.1) is 6.21 Å². The monoisotopic (exact) mass is 396 g/mol. The van der Waals surface area contributed by atoms with Gasteiger partial charge in [-0.1, -0.05) is 6.92 Å². The number of carbonyl (C=O) groups excluding carboxylic acids is 2. The lowest BCUT2D eigenvalue weighted by molar-refractivity contribution is -0.116. The number of nitrogens with zero attached hydrogens (tertiary/aromatic N) is 2. The molecular weight excluding hydrogens is 368 g/mol. The van der Waals surface area contributed by atoms with Gasteiger partial charge in [-0.2, -0.15) is 5.10 Å². The number of amides is 2. The van der Waals surface area contributed by atoms with E-state index in [2.05, 4.69) is 34.6 Å². The molecule has 0 saturated heterocycles. The number of carbonyl (C=O) groups is 2. The molecule has 0 aliphatic heterocycles. The normalized spacial score (nSPS) is 10.7. The van der Waals surface area contributed by atoms with Crippen molar-refractivity contribution in [2.24, 2.45) is 5.10 Å². The van der Waals surface area contributed by atoms with Gasteiger partial charge in [0.15, 0.2) is 0 Å². The Morgan fingerprint density at radius 1 is 1.07 bits per heavy atom. The quantitative estimate of drug-likeness (QED) is 0.445. The van der Waals surface area contributed by atoms with E-state index < -0.39 is 0 Å². The van der Waals surface area contributed by atoms with Crippen LogP contribution in [-0.2, 0) is 4.79 Å². The largest absolute Gasteiger partial charge is 0.507 e. The molecule has 0 bridgehead atoms. The third-order valence-corrected chi connectivity index (χ3v) is 4.42. The summed E-state index contributed by atoms with van der Waals surface area (Å²) in [4.78, 5) is 25.9.